The molecule has 0 spiro atoms. The highest BCUT2D eigenvalue weighted by atomic mass is 16.5. The first-order valence-electron chi connectivity index (χ1n) is 20.5. The Bertz CT molecular complexity index is 3140. The lowest BCUT2D eigenvalue weighted by Crippen LogP contribution is -2.10. The number of hydrogen-bond donors (Lipinski definition) is 0. The highest BCUT2D eigenvalue weighted by Crippen LogP contribution is 2.49. The van der Waals surface area contributed by atoms with E-state index in [0.717, 1.165) is 50.6 Å². The molecule has 282 valence electrons. The lowest BCUT2D eigenvalue weighted by molar-refractivity contribution is 0.487. The number of ether oxygens (including phenoxy) is 1. The molecule has 2 nitrogen and oxygen atoms in total. The second-order valence-electron chi connectivity index (χ2n) is 15.3. The number of para-hydroxylation sites is 1. The van der Waals surface area contributed by atoms with E-state index in [9.17, 15) is 0 Å². The molecule has 10 aromatic rings. The Hall–Kier alpha value is -7.94. The molecule has 1 aliphatic rings. The monoisotopic (exact) mass is 765 g/mol. The molecule has 2 heteroatoms. The van der Waals surface area contributed by atoms with Crippen LogP contribution in [0.25, 0.3) is 77.5 Å². The molecule has 10 aromatic carbocycles. The molecular formula is C58H39NO. The summed E-state index contributed by atoms with van der Waals surface area (Å²) in [4.78, 5) is 2.36. The Balaban J connectivity index is 1.01. The molecule has 0 aromatic heterocycles. The van der Waals surface area contributed by atoms with Crippen LogP contribution in [-0.4, -0.2) is 0 Å². The number of anilines is 3. The zero-order valence-corrected chi connectivity index (χ0v) is 32.9. The Morgan fingerprint density at radius 3 is 1.47 bits per heavy atom. The lowest BCUT2D eigenvalue weighted by atomic mass is 9.90. The first-order valence-corrected chi connectivity index (χ1v) is 20.5. The molecule has 0 saturated heterocycles. The van der Waals surface area contributed by atoms with Gasteiger partial charge in [0.1, 0.15) is 11.5 Å². The molecule has 1 aliphatic heterocycles. The number of benzene rings is 10. The number of nitrogens with zero attached hydrogens (tertiary/aromatic N) is 1. The fraction of sp³-hybridized carbons (Fsp3) is 0. The molecular weight excluding hydrogens is 727 g/mol. The van der Waals surface area contributed by atoms with Crippen LogP contribution in [0.2, 0.25) is 0 Å². The Morgan fingerprint density at radius 1 is 0.250 bits per heavy atom. The standard InChI is InChI=1S/C58H39NO/c1-4-14-40(15-5-1)41-26-31-47(32-27-41)59(48-33-28-42(29-34-48)45-30-35-50(43-16-6-2-7-17-43)55(39-45)44-18-8-3-9-19-44)49-21-12-20-46(38-49)51-36-37-57-58-53(51)23-13-24-54(58)52-22-10-11-25-56(52)60-57/h1-39H. The van der Waals surface area contributed by atoms with Gasteiger partial charge in [0.15, 0.2) is 0 Å². The molecule has 60 heavy (non-hydrogen) atoms. The van der Waals surface area contributed by atoms with Crippen molar-refractivity contribution in [3.05, 3.63) is 237 Å². The number of hydrogen-bond acceptors (Lipinski definition) is 2. The van der Waals surface area contributed by atoms with Gasteiger partial charge in [-0.15, -0.1) is 0 Å². The molecule has 0 saturated carbocycles. The fourth-order valence-corrected chi connectivity index (χ4v) is 8.78. The largest absolute Gasteiger partial charge is 0.456 e. The fourth-order valence-electron chi connectivity index (χ4n) is 8.78. The van der Waals surface area contributed by atoms with Crippen molar-refractivity contribution in [1.29, 1.82) is 0 Å². The Labute approximate surface area is 350 Å². The summed E-state index contributed by atoms with van der Waals surface area (Å²) in [5.74, 6) is 1.79. The molecule has 0 aliphatic carbocycles. The van der Waals surface area contributed by atoms with E-state index < -0.39 is 0 Å². The molecule has 0 unspecified atom stereocenters. The summed E-state index contributed by atoms with van der Waals surface area (Å²) in [5.41, 5.74) is 17.5. The summed E-state index contributed by atoms with van der Waals surface area (Å²) in [6.45, 7) is 0. The number of rotatable bonds is 8. The molecule has 0 radical (unpaired) electrons. The van der Waals surface area contributed by atoms with Gasteiger partial charge in [-0.2, -0.15) is 0 Å². The summed E-state index contributed by atoms with van der Waals surface area (Å²) in [5, 5.41) is 2.32. The first kappa shape index (κ1) is 35.2. The van der Waals surface area contributed by atoms with E-state index in [4.69, 9.17) is 4.74 Å². The topological polar surface area (TPSA) is 12.5 Å². The summed E-state index contributed by atoms with van der Waals surface area (Å²) in [6.07, 6.45) is 0. The van der Waals surface area contributed by atoms with Crippen LogP contribution in [0.1, 0.15) is 0 Å². The quantitative estimate of drug-likeness (QED) is 0.153. The van der Waals surface area contributed by atoms with Crippen molar-refractivity contribution in [3.8, 4) is 78.3 Å². The van der Waals surface area contributed by atoms with Crippen molar-refractivity contribution in [1.82, 2.24) is 0 Å². The van der Waals surface area contributed by atoms with Gasteiger partial charge in [0, 0.05) is 28.0 Å². The van der Waals surface area contributed by atoms with Crippen LogP contribution in [0, 0.1) is 0 Å². The van der Waals surface area contributed by atoms with E-state index in [1.807, 2.05) is 12.1 Å². The minimum atomic E-state index is 0.894. The van der Waals surface area contributed by atoms with Gasteiger partial charge in [-0.05, 0) is 121 Å². The van der Waals surface area contributed by atoms with E-state index in [1.54, 1.807) is 0 Å². The van der Waals surface area contributed by atoms with Crippen LogP contribution in [0.3, 0.4) is 0 Å². The average molecular weight is 766 g/mol. The van der Waals surface area contributed by atoms with E-state index >= 15 is 0 Å². The second-order valence-corrected chi connectivity index (χ2v) is 15.3. The van der Waals surface area contributed by atoms with Gasteiger partial charge >= 0.3 is 0 Å². The zero-order valence-electron chi connectivity index (χ0n) is 32.9. The third-order valence-corrected chi connectivity index (χ3v) is 11.7. The minimum Gasteiger partial charge on any atom is -0.456 e. The van der Waals surface area contributed by atoms with Gasteiger partial charge < -0.3 is 9.64 Å². The highest BCUT2D eigenvalue weighted by molar-refractivity contribution is 6.10. The third-order valence-electron chi connectivity index (χ3n) is 11.7. The maximum absolute atomic E-state index is 6.45. The lowest BCUT2D eigenvalue weighted by Gasteiger charge is -2.27. The van der Waals surface area contributed by atoms with Gasteiger partial charge in [0.05, 0.1) is 0 Å². The van der Waals surface area contributed by atoms with Crippen LogP contribution in [0.15, 0.2) is 237 Å². The van der Waals surface area contributed by atoms with Crippen LogP contribution in [-0.2, 0) is 0 Å². The van der Waals surface area contributed by atoms with E-state index in [1.165, 1.54) is 55.5 Å². The van der Waals surface area contributed by atoms with Gasteiger partial charge in [-0.3, -0.25) is 0 Å². The summed E-state index contributed by atoms with van der Waals surface area (Å²) < 4.78 is 6.45. The van der Waals surface area contributed by atoms with Gasteiger partial charge in [-0.1, -0.05) is 182 Å². The molecule has 0 bridgehead atoms. The molecule has 11 rings (SSSR count). The van der Waals surface area contributed by atoms with E-state index in [0.29, 0.717) is 0 Å². The Morgan fingerprint density at radius 2 is 0.767 bits per heavy atom. The summed E-state index contributed by atoms with van der Waals surface area (Å²) >= 11 is 0. The Kier molecular flexibility index (Phi) is 8.87. The first-order chi connectivity index (χ1) is 29.7. The van der Waals surface area contributed by atoms with Crippen molar-refractivity contribution in [2.45, 2.75) is 0 Å². The summed E-state index contributed by atoms with van der Waals surface area (Å²) in [7, 11) is 0. The van der Waals surface area contributed by atoms with Crippen LogP contribution in [0.4, 0.5) is 17.1 Å². The van der Waals surface area contributed by atoms with Crippen molar-refractivity contribution < 1.29 is 4.74 Å². The SMILES string of the molecule is c1ccc(-c2ccc(N(c3ccc(-c4ccc(-c5ccccc5)c(-c5ccccc5)c4)cc3)c3cccc(-c4ccc5c6c(cccc46)-c4ccccc4O5)c3)cc2)cc1. The van der Waals surface area contributed by atoms with Crippen LogP contribution in [0.5, 0.6) is 11.5 Å². The van der Waals surface area contributed by atoms with Crippen molar-refractivity contribution >= 4 is 27.8 Å². The second kappa shape index (κ2) is 15.1. The number of fused-ring (bicyclic) bond motifs is 2. The third kappa shape index (κ3) is 6.41. The molecule has 0 N–H and O–H groups in total. The van der Waals surface area contributed by atoms with Gasteiger partial charge in [-0.25, -0.2) is 0 Å². The predicted molar refractivity (Wildman–Crippen MR) is 251 cm³/mol. The predicted octanol–water partition coefficient (Wildman–Crippen LogP) is 16.4. The highest BCUT2D eigenvalue weighted by Gasteiger charge is 2.22. The molecule has 1 heterocycles. The summed E-state index contributed by atoms with van der Waals surface area (Å²) in [6, 6.07) is 84.8. The normalized spacial score (nSPS) is 11.5. The zero-order chi connectivity index (χ0) is 39.8. The maximum Gasteiger partial charge on any atom is 0.135 e. The molecule has 0 atom stereocenters. The molecule has 0 amide bonds. The van der Waals surface area contributed by atoms with E-state index in [2.05, 4.69) is 229 Å². The average Bonchev–Trinajstić information content (AvgIpc) is 3.33. The minimum absolute atomic E-state index is 0.894. The maximum atomic E-state index is 6.45. The smallest absolute Gasteiger partial charge is 0.135 e. The van der Waals surface area contributed by atoms with Gasteiger partial charge in [0.25, 0.3) is 0 Å². The van der Waals surface area contributed by atoms with Gasteiger partial charge in [0.2, 0.25) is 0 Å². The van der Waals surface area contributed by atoms with Crippen molar-refractivity contribution in [2.75, 3.05) is 4.90 Å². The van der Waals surface area contributed by atoms with Crippen LogP contribution >= 0.6 is 0 Å². The van der Waals surface area contributed by atoms with Crippen LogP contribution < -0.4 is 9.64 Å². The van der Waals surface area contributed by atoms with Crippen molar-refractivity contribution in [3.63, 3.8) is 0 Å². The molecule has 0 fully saturated rings. The van der Waals surface area contributed by atoms with Crippen molar-refractivity contribution in [2.24, 2.45) is 0 Å². The van der Waals surface area contributed by atoms with E-state index in [-0.39, 0.29) is 0 Å².